The third kappa shape index (κ3) is 8.72. The minimum absolute atomic E-state index is 1.24. The van der Waals surface area contributed by atoms with Crippen LogP contribution in [0.4, 0.5) is 0 Å². The molecule has 2 heteroatoms. The quantitative estimate of drug-likeness (QED) is 0.283. The van der Waals surface area contributed by atoms with Crippen molar-refractivity contribution in [1.82, 2.24) is 0 Å². The Bertz CT molecular complexity index is 370. The molecule has 1 aromatic heterocycles. The van der Waals surface area contributed by atoms with Crippen LogP contribution in [0.1, 0.15) is 102 Å². The van der Waals surface area contributed by atoms with Crippen molar-refractivity contribution >= 4 is 27.3 Å². The molecule has 0 aromatic carbocycles. The van der Waals surface area contributed by atoms with Gasteiger partial charge in [0.05, 0.1) is 3.79 Å². The molecule has 22 heavy (non-hydrogen) atoms. The molecular weight excluding hydrogens is 352 g/mol. The summed E-state index contributed by atoms with van der Waals surface area (Å²) in [5.74, 6) is 0. The van der Waals surface area contributed by atoms with Gasteiger partial charge in [-0.2, -0.15) is 0 Å². The molecule has 0 unspecified atom stereocenters. The van der Waals surface area contributed by atoms with E-state index in [1.807, 2.05) is 0 Å². The van der Waals surface area contributed by atoms with Crippen LogP contribution >= 0.6 is 27.3 Å². The molecule has 0 saturated heterocycles. The summed E-state index contributed by atoms with van der Waals surface area (Å²) < 4.78 is 1.34. The number of halogens is 1. The number of rotatable bonds is 14. The first-order valence-corrected chi connectivity index (χ1v) is 11.1. The lowest BCUT2D eigenvalue weighted by Crippen LogP contribution is -1.93. The summed E-state index contributed by atoms with van der Waals surface area (Å²) in [5, 5.41) is 3.53. The Balaban J connectivity index is 2.21. The predicted molar refractivity (Wildman–Crippen MR) is 105 cm³/mol. The molecule has 0 saturated carbocycles. The highest BCUT2D eigenvalue weighted by molar-refractivity contribution is 9.11. The Morgan fingerprint density at radius 2 is 1.23 bits per heavy atom. The molecule has 127 valence electrons. The number of hydrogen-bond acceptors (Lipinski definition) is 1. The highest BCUT2D eigenvalue weighted by Crippen LogP contribution is 2.30. The van der Waals surface area contributed by atoms with Crippen LogP contribution in [-0.4, -0.2) is 0 Å². The van der Waals surface area contributed by atoms with E-state index >= 15 is 0 Å². The fourth-order valence-corrected chi connectivity index (χ4v) is 4.43. The predicted octanol–water partition coefficient (Wildman–Crippen LogP) is 8.12. The zero-order valence-corrected chi connectivity index (χ0v) is 17.1. The molecule has 0 atom stereocenters. The first kappa shape index (κ1) is 20.2. The van der Waals surface area contributed by atoms with Crippen LogP contribution in [0.2, 0.25) is 0 Å². The van der Waals surface area contributed by atoms with E-state index in [9.17, 15) is 0 Å². The maximum Gasteiger partial charge on any atom is 0.0740 e. The van der Waals surface area contributed by atoms with E-state index in [2.05, 4.69) is 35.2 Å². The van der Waals surface area contributed by atoms with Crippen molar-refractivity contribution < 1.29 is 0 Å². The molecule has 1 heterocycles. The number of aryl methyl sites for hydroxylation is 1. The summed E-state index contributed by atoms with van der Waals surface area (Å²) in [6.07, 6.45) is 19.1. The van der Waals surface area contributed by atoms with E-state index in [0.29, 0.717) is 0 Å². The molecule has 1 aromatic rings. The van der Waals surface area contributed by atoms with Gasteiger partial charge < -0.3 is 0 Å². The molecule has 0 aliphatic rings. The highest BCUT2D eigenvalue weighted by atomic mass is 79.9. The molecule has 0 nitrogen and oxygen atoms in total. The number of hydrogen-bond donors (Lipinski definition) is 0. The SMILES string of the molecule is CCCCCCCCc1[c]sc(Br)c1CCCCCCCC. The third-order valence-corrected chi connectivity index (χ3v) is 6.16. The molecule has 0 aliphatic carbocycles. The van der Waals surface area contributed by atoms with Gasteiger partial charge in [0, 0.05) is 5.38 Å². The molecule has 0 fully saturated rings. The highest BCUT2D eigenvalue weighted by Gasteiger charge is 2.09. The van der Waals surface area contributed by atoms with Gasteiger partial charge in [0.1, 0.15) is 0 Å². The van der Waals surface area contributed by atoms with E-state index in [1.54, 1.807) is 16.9 Å². The van der Waals surface area contributed by atoms with Crippen molar-refractivity contribution in [3.05, 3.63) is 20.3 Å². The number of thiophene rings is 1. The maximum absolute atomic E-state index is 3.74. The van der Waals surface area contributed by atoms with Crippen LogP contribution in [-0.2, 0) is 12.8 Å². The smallest absolute Gasteiger partial charge is 0.0740 e. The summed E-state index contributed by atoms with van der Waals surface area (Å²) in [6, 6.07) is 0. The van der Waals surface area contributed by atoms with Crippen LogP contribution in [0, 0.1) is 5.38 Å². The van der Waals surface area contributed by atoms with Crippen LogP contribution in [0.15, 0.2) is 3.79 Å². The Kier molecular flexibility index (Phi) is 12.5. The molecular formula is C20H34BrS. The molecule has 0 bridgehead atoms. The second-order valence-electron chi connectivity index (χ2n) is 6.47. The minimum atomic E-state index is 1.24. The largest absolute Gasteiger partial charge is 0.127 e. The van der Waals surface area contributed by atoms with Gasteiger partial charge in [-0.05, 0) is 52.7 Å². The van der Waals surface area contributed by atoms with Crippen LogP contribution < -0.4 is 0 Å². The van der Waals surface area contributed by atoms with Gasteiger partial charge in [0.2, 0.25) is 0 Å². The molecule has 1 radical (unpaired) electrons. The van der Waals surface area contributed by atoms with Gasteiger partial charge in [-0.1, -0.05) is 78.1 Å². The van der Waals surface area contributed by atoms with E-state index < -0.39 is 0 Å². The van der Waals surface area contributed by atoms with Crippen molar-refractivity contribution in [2.45, 2.75) is 104 Å². The van der Waals surface area contributed by atoms with Gasteiger partial charge in [0.25, 0.3) is 0 Å². The summed E-state index contributed by atoms with van der Waals surface area (Å²) in [4.78, 5) is 0. The van der Waals surface area contributed by atoms with Gasteiger partial charge in [-0.25, -0.2) is 0 Å². The minimum Gasteiger partial charge on any atom is -0.127 e. The molecule has 0 aliphatic heterocycles. The van der Waals surface area contributed by atoms with Gasteiger partial charge in [-0.3, -0.25) is 0 Å². The van der Waals surface area contributed by atoms with E-state index in [0.717, 1.165) is 0 Å². The Morgan fingerprint density at radius 3 is 1.82 bits per heavy atom. The van der Waals surface area contributed by atoms with Crippen molar-refractivity contribution in [3.63, 3.8) is 0 Å². The Hall–Kier alpha value is 0.180. The van der Waals surface area contributed by atoms with Gasteiger partial charge in [0.15, 0.2) is 0 Å². The van der Waals surface area contributed by atoms with Crippen LogP contribution in [0.5, 0.6) is 0 Å². The average molecular weight is 386 g/mol. The molecule has 1 rings (SSSR count). The second kappa shape index (κ2) is 13.6. The summed E-state index contributed by atoms with van der Waals surface area (Å²) in [7, 11) is 0. The first-order valence-electron chi connectivity index (χ1n) is 9.47. The van der Waals surface area contributed by atoms with Crippen LogP contribution in [0.3, 0.4) is 0 Å². The average Bonchev–Trinajstić information content (AvgIpc) is 2.87. The van der Waals surface area contributed by atoms with Crippen LogP contribution in [0.25, 0.3) is 0 Å². The lowest BCUT2D eigenvalue weighted by molar-refractivity contribution is 0.599. The van der Waals surface area contributed by atoms with Crippen molar-refractivity contribution in [2.75, 3.05) is 0 Å². The van der Waals surface area contributed by atoms with Gasteiger partial charge >= 0.3 is 0 Å². The van der Waals surface area contributed by atoms with E-state index in [1.165, 1.54) is 99.2 Å². The third-order valence-electron chi connectivity index (χ3n) is 4.43. The summed E-state index contributed by atoms with van der Waals surface area (Å²) in [5.41, 5.74) is 3.06. The van der Waals surface area contributed by atoms with E-state index in [-0.39, 0.29) is 0 Å². The van der Waals surface area contributed by atoms with Crippen molar-refractivity contribution in [1.29, 1.82) is 0 Å². The molecule has 0 N–H and O–H groups in total. The molecule has 0 amide bonds. The van der Waals surface area contributed by atoms with Crippen molar-refractivity contribution in [2.24, 2.45) is 0 Å². The van der Waals surface area contributed by atoms with E-state index in [4.69, 9.17) is 0 Å². The second-order valence-corrected chi connectivity index (χ2v) is 8.60. The fraction of sp³-hybridized carbons (Fsp3) is 0.800. The monoisotopic (exact) mass is 385 g/mol. The molecule has 0 spiro atoms. The first-order chi connectivity index (χ1) is 10.8. The number of unbranched alkanes of at least 4 members (excludes halogenated alkanes) is 10. The Morgan fingerprint density at radius 1 is 0.727 bits per heavy atom. The fourth-order valence-electron chi connectivity index (χ4n) is 2.96. The van der Waals surface area contributed by atoms with Crippen molar-refractivity contribution in [3.8, 4) is 0 Å². The zero-order valence-electron chi connectivity index (χ0n) is 14.7. The summed E-state index contributed by atoms with van der Waals surface area (Å²) >= 11 is 5.51. The maximum atomic E-state index is 3.74. The lowest BCUT2D eigenvalue weighted by atomic mass is 10.0. The Labute approximate surface area is 151 Å². The normalized spacial score (nSPS) is 11.2. The summed E-state index contributed by atoms with van der Waals surface area (Å²) in [6.45, 7) is 4.57. The standard InChI is InChI=1S/C20H34BrS/c1-3-5-7-9-11-13-15-18-17-22-20(21)19(18)16-14-12-10-8-6-4-2/h3-16H2,1-2H3. The van der Waals surface area contributed by atoms with Gasteiger partial charge in [-0.15, -0.1) is 11.3 Å². The zero-order chi connectivity index (χ0) is 16.0. The topological polar surface area (TPSA) is 0 Å². The lowest BCUT2D eigenvalue weighted by Gasteiger charge is -2.06.